The van der Waals surface area contributed by atoms with Crippen LogP contribution in [0.5, 0.6) is 0 Å². The van der Waals surface area contributed by atoms with Crippen LogP contribution in [0.2, 0.25) is 0 Å². The first-order chi connectivity index (χ1) is 12.6. The highest BCUT2D eigenvalue weighted by atomic mass is 16.3. The van der Waals surface area contributed by atoms with Gasteiger partial charge in [-0.25, -0.2) is 4.98 Å². The Balaban J connectivity index is 1.38. The third kappa shape index (κ3) is 3.09. The van der Waals surface area contributed by atoms with Gasteiger partial charge in [0.25, 0.3) is 0 Å². The number of aliphatic hydroxyl groups is 1. The Morgan fingerprint density at radius 3 is 3.00 bits per heavy atom. The largest absolute Gasteiger partial charge is 0.392 e. The van der Waals surface area contributed by atoms with Gasteiger partial charge >= 0.3 is 0 Å². The zero-order valence-corrected chi connectivity index (χ0v) is 14.4. The minimum Gasteiger partial charge on any atom is -0.392 e. The van der Waals surface area contributed by atoms with Crippen LogP contribution >= 0.6 is 0 Å². The molecule has 26 heavy (non-hydrogen) atoms. The van der Waals surface area contributed by atoms with Crippen molar-refractivity contribution in [2.75, 3.05) is 6.54 Å². The summed E-state index contributed by atoms with van der Waals surface area (Å²) in [6.45, 7) is 2.33. The van der Waals surface area contributed by atoms with Crippen LogP contribution in [-0.4, -0.2) is 33.2 Å². The first-order valence-electron chi connectivity index (χ1n) is 8.83. The number of nitrogens with zero attached hydrogens (tertiary/aromatic N) is 2. The standard InChI is InChI=1S/C20H22N4O2/c21-20(26)19-15-9-13(5-6-14(15)10-18(19)25)11-22-7-8-24-12-23-16-3-1-2-4-17(16)24/h1-6,9,12,18-19,22,25H,7-8,10-11H2,(H2,21,26)/t18-,19-/m1/s1. The highest BCUT2D eigenvalue weighted by Gasteiger charge is 2.35. The number of primary amides is 1. The number of nitrogens with two attached hydrogens (primary N) is 1. The van der Waals surface area contributed by atoms with Crippen LogP contribution in [-0.2, 0) is 24.3 Å². The highest BCUT2D eigenvalue weighted by molar-refractivity contribution is 5.84. The van der Waals surface area contributed by atoms with Crippen LogP contribution < -0.4 is 11.1 Å². The van der Waals surface area contributed by atoms with Crippen molar-refractivity contribution in [2.45, 2.75) is 31.5 Å². The number of para-hydroxylation sites is 2. The van der Waals surface area contributed by atoms with Crippen molar-refractivity contribution < 1.29 is 9.90 Å². The molecule has 0 bridgehead atoms. The van der Waals surface area contributed by atoms with Crippen molar-refractivity contribution in [1.29, 1.82) is 0 Å². The first-order valence-corrected chi connectivity index (χ1v) is 8.83. The van der Waals surface area contributed by atoms with Gasteiger partial charge in [0, 0.05) is 19.6 Å². The van der Waals surface area contributed by atoms with E-state index in [4.69, 9.17) is 5.73 Å². The Morgan fingerprint density at radius 1 is 1.31 bits per heavy atom. The number of imidazole rings is 1. The van der Waals surface area contributed by atoms with Crippen molar-refractivity contribution in [3.63, 3.8) is 0 Å². The van der Waals surface area contributed by atoms with Gasteiger partial charge in [0.05, 0.1) is 29.4 Å². The molecule has 3 aromatic rings. The fourth-order valence-corrected chi connectivity index (χ4v) is 3.74. The van der Waals surface area contributed by atoms with Crippen molar-refractivity contribution in [3.05, 3.63) is 65.5 Å². The minimum absolute atomic E-state index is 0.464. The quantitative estimate of drug-likeness (QED) is 0.585. The highest BCUT2D eigenvalue weighted by Crippen LogP contribution is 2.33. The van der Waals surface area contributed by atoms with Crippen molar-refractivity contribution >= 4 is 16.9 Å². The smallest absolute Gasteiger partial charge is 0.227 e. The maximum Gasteiger partial charge on any atom is 0.227 e. The molecular weight excluding hydrogens is 328 g/mol. The van der Waals surface area contributed by atoms with E-state index in [2.05, 4.69) is 20.9 Å². The number of carbonyl (C=O) groups excluding carboxylic acids is 1. The number of hydrogen-bond donors (Lipinski definition) is 3. The van der Waals surface area contributed by atoms with Gasteiger partial charge < -0.3 is 20.7 Å². The third-order valence-corrected chi connectivity index (χ3v) is 5.05. The zero-order chi connectivity index (χ0) is 18.1. The molecule has 2 atom stereocenters. The molecule has 0 aliphatic heterocycles. The average molecular weight is 350 g/mol. The summed E-state index contributed by atoms with van der Waals surface area (Å²) >= 11 is 0. The van der Waals surface area contributed by atoms with Crippen molar-refractivity contribution in [2.24, 2.45) is 5.73 Å². The molecule has 1 amide bonds. The van der Waals surface area contributed by atoms with E-state index < -0.39 is 17.9 Å². The Labute approximate surface area is 151 Å². The normalized spacial score (nSPS) is 19.0. The van der Waals surface area contributed by atoms with E-state index >= 15 is 0 Å². The third-order valence-electron chi connectivity index (χ3n) is 5.05. The van der Waals surface area contributed by atoms with E-state index in [0.717, 1.165) is 40.8 Å². The van der Waals surface area contributed by atoms with Crippen molar-refractivity contribution in [3.8, 4) is 0 Å². The molecule has 6 nitrogen and oxygen atoms in total. The maximum absolute atomic E-state index is 11.6. The number of rotatable bonds is 6. The summed E-state index contributed by atoms with van der Waals surface area (Å²) < 4.78 is 2.13. The van der Waals surface area contributed by atoms with Crippen molar-refractivity contribution in [1.82, 2.24) is 14.9 Å². The number of carbonyl (C=O) groups is 1. The number of benzene rings is 2. The monoisotopic (exact) mass is 350 g/mol. The molecule has 1 heterocycles. The molecule has 0 spiro atoms. The van der Waals surface area contributed by atoms with Crippen LogP contribution in [0.25, 0.3) is 11.0 Å². The van der Waals surface area contributed by atoms with Gasteiger partial charge in [-0.1, -0.05) is 30.3 Å². The van der Waals surface area contributed by atoms with Gasteiger partial charge in [-0.2, -0.15) is 0 Å². The lowest BCUT2D eigenvalue weighted by molar-refractivity contribution is -0.121. The van der Waals surface area contributed by atoms with E-state index in [-0.39, 0.29) is 0 Å². The molecule has 4 N–H and O–H groups in total. The molecule has 1 aliphatic rings. The Bertz CT molecular complexity index is 950. The van der Waals surface area contributed by atoms with Crippen LogP contribution in [0.15, 0.2) is 48.8 Å². The summed E-state index contributed by atoms with van der Waals surface area (Å²) in [6, 6.07) is 14.1. The molecule has 0 unspecified atom stereocenters. The van der Waals surface area contributed by atoms with Crippen LogP contribution in [0, 0.1) is 0 Å². The van der Waals surface area contributed by atoms with Gasteiger partial charge in [0.2, 0.25) is 5.91 Å². The molecule has 1 aromatic heterocycles. The molecule has 0 radical (unpaired) electrons. The van der Waals surface area contributed by atoms with E-state index in [9.17, 15) is 9.90 Å². The first kappa shape index (κ1) is 16.8. The lowest BCUT2D eigenvalue weighted by atomic mass is 9.97. The maximum atomic E-state index is 11.6. The number of aliphatic hydroxyl groups excluding tert-OH is 1. The Morgan fingerprint density at radius 2 is 2.15 bits per heavy atom. The second kappa shape index (κ2) is 6.90. The predicted octanol–water partition coefficient (Wildman–Crippen LogP) is 1.31. The number of fused-ring (bicyclic) bond motifs is 2. The average Bonchev–Trinajstić information content (AvgIpc) is 3.18. The molecule has 0 saturated carbocycles. The lowest BCUT2D eigenvalue weighted by Crippen LogP contribution is -2.28. The van der Waals surface area contributed by atoms with E-state index in [1.165, 1.54) is 0 Å². The summed E-state index contributed by atoms with van der Waals surface area (Å²) in [5, 5.41) is 13.5. The topological polar surface area (TPSA) is 93.2 Å². The minimum atomic E-state index is -0.708. The number of amides is 1. The molecule has 1 aliphatic carbocycles. The number of aromatic nitrogens is 2. The van der Waals surface area contributed by atoms with Gasteiger partial charge in [-0.3, -0.25) is 4.79 Å². The van der Waals surface area contributed by atoms with Crippen LogP contribution in [0.1, 0.15) is 22.6 Å². The molecule has 134 valence electrons. The molecule has 0 saturated heterocycles. The second-order valence-electron chi connectivity index (χ2n) is 6.79. The number of nitrogens with one attached hydrogen (secondary N) is 1. The summed E-state index contributed by atoms with van der Waals surface area (Å²) in [4.78, 5) is 16.0. The fourth-order valence-electron chi connectivity index (χ4n) is 3.74. The summed E-state index contributed by atoms with van der Waals surface area (Å²) in [5.41, 5.74) is 10.5. The molecule has 0 fully saturated rings. The van der Waals surface area contributed by atoms with E-state index in [0.29, 0.717) is 13.0 Å². The predicted molar refractivity (Wildman–Crippen MR) is 99.5 cm³/mol. The molecule has 6 heteroatoms. The fraction of sp³-hybridized carbons (Fsp3) is 0.300. The van der Waals surface area contributed by atoms with Gasteiger partial charge in [-0.05, 0) is 35.2 Å². The Hall–Kier alpha value is -2.70. The molecule has 2 aromatic carbocycles. The summed E-state index contributed by atoms with van der Waals surface area (Å²) in [7, 11) is 0. The van der Waals surface area contributed by atoms with Crippen LogP contribution in [0.3, 0.4) is 0 Å². The molecule has 4 rings (SSSR count). The van der Waals surface area contributed by atoms with Gasteiger partial charge in [0.1, 0.15) is 0 Å². The SMILES string of the molecule is NC(=O)[C@@H]1c2cc(CNCCn3cnc4ccccc43)ccc2C[C@H]1O. The van der Waals surface area contributed by atoms with E-state index in [1.54, 1.807) is 0 Å². The second-order valence-corrected chi connectivity index (χ2v) is 6.79. The summed E-state index contributed by atoms with van der Waals surface area (Å²) in [6.07, 6.45) is 1.64. The van der Waals surface area contributed by atoms with Gasteiger partial charge in [0.15, 0.2) is 0 Å². The van der Waals surface area contributed by atoms with E-state index in [1.807, 2.05) is 42.7 Å². The lowest BCUT2D eigenvalue weighted by Gasteiger charge is -2.12. The Kier molecular flexibility index (Phi) is 4.44. The molecular formula is C20H22N4O2. The number of hydrogen-bond acceptors (Lipinski definition) is 4. The summed E-state index contributed by atoms with van der Waals surface area (Å²) in [5.74, 6) is -1.06. The zero-order valence-electron chi connectivity index (χ0n) is 14.4. The van der Waals surface area contributed by atoms with Gasteiger partial charge in [-0.15, -0.1) is 0 Å². The van der Waals surface area contributed by atoms with Crippen LogP contribution in [0.4, 0.5) is 0 Å².